The lowest BCUT2D eigenvalue weighted by Crippen LogP contribution is -2.46. The van der Waals surface area contributed by atoms with E-state index in [-0.39, 0.29) is 24.2 Å². The van der Waals surface area contributed by atoms with Crippen molar-refractivity contribution >= 4 is 23.4 Å². The fourth-order valence-corrected chi connectivity index (χ4v) is 7.65. The quantitative estimate of drug-likeness (QED) is 0.280. The second-order valence-corrected chi connectivity index (χ2v) is 15.2. The Balaban J connectivity index is 1.13. The van der Waals surface area contributed by atoms with Crippen LogP contribution >= 0.6 is 0 Å². The highest BCUT2D eigenvalue weighted by Gasteiger charge is 2.37. The van der Waals surface area contributed by atoms with Crippen molar-refractivity contribution in [2.75, 3.05) is 63.5 Å². The maximum atomic E-state index is 14.0. The van der Waals surface area contributed by atoms with Gasteiger partial charge in [0, 0.05) is 44.0 Å². The summed E-state index contributed by atoms with van der Waals surface area (Å²) in [5, 5.41) is 6.26. The standard InChI is InChI=1S/C36H52F3N7O/c1-35(2,24-46-16-6-4-5-7-32(46)47)23-41-33-30(36(37,38)39)22-40-34(43-33)42-31-11-10-27(21-29(31)26-8-9-26)25-12-19-45(20-13-25)28-14-17-44(3)18-15-28/h10-11,21-22,25-26,28H,4-9,12-20,23-24H2,1-3H3,(H2,40,41,42,43). The number of hydrogen-bond donors (Lipinski definition) is 2. The first-order valence-electron chi connectivity index (χ1n) is 17.7. The van der Waals surface area contributed by atoms with Crippen LogP contribution in [0, 0.1) is 5.41 Å². The molecule has 4 fully saturated rings. The Morgan fingerprint density at radius 1 is 0.915 bits per heavy atom. The molecular formula is C36H52F3N7O. The average molecular weight is 656 g/mol. The van der Waals surface area contributed by atoms with Crippen LogP contribution in [0.3, 0.4) is 0 Å². The first-order chi connectivity index (χ1) is 22.4. The monoisotopic (exact) mass is 655 g/mol. The number of rotatable bonds is 10. The number of anilines is 3. The van der Waals surface area contributed by atoms with Crippen molar-refractivity contribution in [3.05, 3.63) is 41.1 Å². The van der Waals surface area contributed by atoms with Crippen LogP contribution in [0.2, 0.25) is 0 Å². The van der Waals surface area contributed by atoms with Gasteiger partial charge in [0.2, 0.25) is 11.9 Å². The van der Waals surface area contributed by atoms with E-state index in [0.29, 0.717) is 37.4 Å². The highest BCUT2D eigenvalue weighted by atomic mass is 19.4. The van der Waals surface area contributed by atoms with E-state index in [1.165, 1.54) is 37.1 Å². The number of halogens is 3. The number of alkyl halides is 3. The molecule has 1 aliphatic carbocycles. The van der Waals surface area contributed by atoms with Gasteiger partial charge in [0.05, 0.1) is 0 Å². The predicted molar refractivity (Wildman–Crippen MR) is 180 cm³/mol. The topological polar surface area (TPSA) is 76.6 Å². The third kappa shape index (κ3) is 8.76. The van der Waals surface area contributed by atoms with Crippen LogP contribution in [0.1, 0.15) is 107 Å². The van der Waals surface area contributed by atoms with Gasteiger partial charge in [-0.05, 0) is 119 Å². The summed E-state index contributed by atoms with van der Waals surface area (Å²) in [6, 6.07) is 7.28. The first-order valence-corrected chi connectivity index (χ1v) is 17.7. The maximum Gasteiger partial charge on any atom is 0.421 e. The highest BCUT2D eigenvalue weighted by Crippen LogP contribution is 2.46. The number of hydrogen-bond acceptors (Lipinski definition) is 7. The fourth-order valence-electron chi connectivity index (χ4n) is 7.65. The number of benzene rings is 1. The largest absolute Gasteiger partial charge is 0.421 e. The van der Waals surface area contributed by atoms with Crippen LogP contribution in [0.5, 0.6) is 0 Å². The molecule has 8 nitrogen and oxygen atoms in total. The van der Waals surface area contributed by atoms with E-state index in [4.69, 9.17) is 0 Å². The summed E-state index contributed by atoms with van der Waals surface area (Å²) in [7, 11) is 2.21. The minimum Gasteiger partial charge on any atom is -0.369 e. The molecule has 6 rings (SSSR count). The molecule has 2 N–H and O–H groups in total. The van der Waals surface area contributed by atoms with E-state index in [1.54, 1.807) is 0 Å². The first kappa shape index (κ1) is 34.0. The molecule has 3 aliphatic heterocycles. The third-order valence-electron chi connectivity index (χ3n) is 10.7. The van der Waals surface area contributed by atoms with E-state index < -0.39 is 17.2 Å². The number of carbonyl (C=O) groups is 1. The zero-order valence-electron chi connectivity index (χ0n) is 28.3. The molecule has 47 heavy (non-hydrogen) atoms. The van der Waals surface area contributed by atoms with Crippen LogP contribution < -0.4 is 10.6 Å². The van der Waals surface area contributed by atoms with Crippen molar-refractivity contribution in [1.82, 2.24) is 24.7 Å². The van der Waals surface area contributed by atoms with Gasteiger partial charge in [-0.15, -0.1) is 0 Å². The van der Waals surface area contributed by atoms with Gasteiger partial charge in [-0.2, -0.15) is 18.2 Å². The number of piperidine rings is 2. The van der Waals surface area contributed by atoms with E-state index in [2.05, 4.69) is 55.6 Å². The molecule has 4 aliphatic rings. The smallest absolute Gasteiger partial charge is 0.369 e. The van der Waals surface area contributed by atoms with Gasteiger partial charge in [0.1, 0.15) is 11.4 Å². The van der Waals surface area contributed by atoms with Crippen molar-refractivity contribution < 1.29 is 18.0 Å². The Labute approximate surface area is 277 Å². The summed E-state index contributed by atoms with van der Waals surface area (Å²) in [4.78, 5) is 28.0. The van der Waals surface area contributed by atoms with Crippen LogP contribution in [-0.4, -0.2) is 89.5 Å². The molecular weight excluding hydrogens is 603 g/mol. The minimum absolute atomic E-state index is 0.121. The predicted octanol–water partition coefficient (Wildman–Crippen LogP) is 7.23. The van der Waals surface area contributed by atoms with Crippen molar-refractivity contribution in [2.45, 2.75) is 102 Å². The van der Waals surface area contributed by atoms with Crippen molar-refractivity contribution in [3.8, 4) is 0 Å². The second kappa shape index (κ2) is 14.3. The molecule has 1 amide bonds. The lowest BCUT2D eigenvalue weighted by Gasteiger charge is -2.41. The van der Waals surface area contributed by atoms with Gasteiger partial charge in [-0.3, -0.25) is 4.79 Å². The van der Waals surface area contributed by atoms with Crippen molar-refractivity contribution in [2.24, 2.45) is 5.41 Å². The molecule has 4 heterocycles. The molecule has 1 aromatic carbocycles. The van der Waals surface area contributed by atoms with Crippen LogP contribution in [-0.2, 0) is 11.0 Å². The van der Waals surface area contributed by atoms with Gasteiger partial charge in [0.15, 0.2) is 0 Å². The fraction of sp³-hybridized carbons (Fsp3) is 0.694. The lowest BCUT2D eigenvalue weighted by molar-refractivity contribution is -0.137. The van der Waals surface area contributed by atoms with E-state index >= 15 is 0 Å². The van der Waals surface area contributed by atoms with Crippen molar-refractivity contribution in [3.63, 3.8) is 0 Å². The second-order valence-electron chi connectivity index (χ2n) is 15.2. The zero-order valence-corrected chi connectivity index (χ0v) is 28.3. The van der Waals surface area contributed by atoms with Crippen molar-refractivity contribution in [1.29, 1.82) is 0 Å². The number of carbonyl (C=O) groups excluding carboxylic acids is 1. The number of nitrogens with one attached hydrogen (secondary N) is 2. The van der Waals surface area contributed by atoms with Gasteiger partial charge < -0.3 is 25.3 Å². The number of amides is 1. The van der Waals surface area contributed by atoms with Crippen LogP contribution in [0.25, 0.3) is 0 Å². The summed E-state index contributed by atoms with van der Waals surface area (Å²) in [6.45, 7) is 9.97. The van der Waals surface area contributed by atoms with Crippen LogP contribution in [0.15, 0.2) is 24.4 Å². The molecule has 0 bridgehead atoms. The summed E-state index contributed by atoms with van der Waals surface area (Å²) >= 11 is 0. The zero-order chi connectivity index (χ0) is 33.2. The molecule has 258 valence electrons. The molecule has 1 aromatic heterocycles. The van der Waals surface area contributed by atoms with Gasteiger partial charge in [-0.25, -0.2) is 4.98 Å². The molecule has 0 spiro atoms. The average Bonchev–Trinajstić information content (AvgIpc) is 3.90. The summed E-state index contributed by atoms with van der Waals surface area (Å²) < 4.78 is 42.1. The summed E-state index contributed by atoms with van der Waals surface area (Å²) in [5.74, 6) is 0.991. The van der Waals surface area contributed by atoms with Gasteiger partial charge in [0.25, 0.3) is 0 Å². The normalized spacial score (nSPS) is 21.6. The molecule has 1 saturated carbocycles. The van der Waals surface area contributed by atoms with Gasteiger partial charge in [-0.1, -0.05) is 32.4 Å². The molecule has 0 radical (unpaired) electrons. The SMILES string of the molecule is CN1CCC(N2CCC(c3ccc(Nc4ncc(C(F)(F)F)c(NCC(C)(C)CN5CCCCCC5=O)n4)c(C4CC4)c3)CC2)CC1. The Morgan fingerprint density at radius 3 is 2.36 bits per heavy atom. The van der Waals surface area contributed by atoms with Crippen LogP contribution in [0.4, 0.5) is 30.6 Å². The molecule has 11 heteroatoms. The number of nitrogens with zero attached hydrogens (tertiary/aromatic N) is 5. The number of aromatic nitrogens is 2. The Hall–Kier alpha value is -2.92. The van der Waals surface area contributed by atoms with Gasteiger partial charge >= 0.3 is 6.18 Å². The number of likely N-dealkylation sites (tertiary alicyclic amines) is 3. The lowest BCUT2D eigenvalue weighted by atomic mass is 9.86. The van der Waals surface area contributed by atoms with E-state index in [1.807, 2.05) is 18.7 Å². The maximum absolute atomic E-state index is 14.0. The van der Waals surface area contributed by atoms with E-state index in [9.17, 15) is 18.0 Å². The molecule has 2 aromatic rings. The Morgan fingerprint density at radius 2 is 1.66 bits per heavy atom. The minimum atomic E-state index is -4.60. The summed E-state index contributed by atoms with van der Waals surface area (Å²) in [6.07, 6.45) is 6.72. The Bertz CT molecular complexity index is 1380. The summed E-state index contributed by atoms with van der Waals surface area (Å²) in [5.41, 5.74) is 2.09. The third-order valence-corrected chi connectivity index (χ3v) is 10.7. The Kier molecular flexibility index (Phi) is 10.3. The highest BCUT2D eigenvalue weighted by molar-refractivity contribution is 5.76. The molecule has 3 saturated heterocycles. The molecule has 0 unspecified atom stereocenters. The molecule has 0 atom stereocenters. The van der Waals surface area contributed by atoms with E-state index in [0.717, 1.165) is 69.9 Å².